The van der Waals surface area contributed by atoms with Crippen molar-refractivity contribution in [1.82, 2.24) is 4.98 Å². The second-order valence-corrected chi connectivity index (χ2v) is 4.71. The second-order valence-electron chi connectivity index (χ2n) is 4.71. The summed E-state index contributed by atoms with van der Waals surface area (Å²) in [5.41, 5.74) is 0.283. The summed E-state index contributed by atoms with van der Waals surface area (Å²) in [5.74, 6) is -1.01. The molecule has 0 bridgehead atoms. The molecule has 1 aromatic carbocycles. The molecule has 6 heteroatoms. The van der Waals surface area contributed by atoms with Crippen molar-refractivity contribution < 1.29 is 19.4 Å². The van der Waals surface area contributed by atoms with Gasteiger partial charge in [-0.25, -0.2) is 4.79 Å². The van der Waals surface area contributed by atoms with Gasteiger partial charge >= 0.3 is 5.97 Å². The molecular formula is C13H16N2O4. The third-order valence-corrected chi connectivity index (χ3v) is 3.02. The van der Waals surface area contributed by atoms with Gasteiger partial charge in [-0.05, 0) is 31.5 Å². The average molecular weight is 264 g/mol. The number of hydrogen-bond acceptors (Lipinski definition) is 5. The van der Waals surface area contributed by atoms with E-state index in [4.69, 9.17) is 9.52 Å². The fourth-order valence-electron chi connectivity index (χ4n) is 1.52. The summed E-state index contributed by atoms with van der Waals surface area (Å²) in [5, 5.41) is 21.6. The molecule has 0 fully saturated rings. The number of carbonyl (C=O) groups is 1. The van der Waals surface area contributed by atoms with E-state index >= 15 is 0 Å². The lowest BCUT2D eigenvalue weighted by atomic mass is 10.0. The SMILES string of the molecule is CCC(C)(O)CNc1nc2ccc(C(=O)O)cc2o1. The molecule has 3 N–H and O–H groups in total. The number of anilines is 1. The maximum Gasteiger partial charge on any atom is 0.335 e. The minimum Gasteiger partial charge on any atom is -0.478 e. The number of aliphatic hydroxyl groups is 1. The molecule has 6 nitrogen and oxygen atoms in total. The zero-order valence-corrected chi connectivity index (χ0v) is 10.8. The maximum atomic E-state index is 10.8. The molecule has 1 aromatic heterocycles. The highest BCUT2D eigenvalue weighted by Crippen LogP contribution is 2.21. The Bertz CT molecular complexity index is 604. The van der Waals surface area contributed by atoms with Crippen molar-refractivity contribution in [3.8, 4) is 0 Å². The third-order valence-electron chi connectivity index (χ3n) is 3.02. The van der Waals surface area contributed by atoms with Gasteiger partial charge in [0, 0.05) is 6.54 Å². The Balaban J connectivity index is 2.20. The molecular weight excluding hydrogens is 248 g/mol. The zero-order chi connectivity index (χ0) is 14.0. The summed E-state index contributed by atoms with van der Waals surface area (Å²) in [7, 11) is 0. The Labute approximate surface area is 110 Å². The predicted octanol–water partition coefficient (Wildman–Crippen LogP) is 2.10. The van der Waals surface area contributed by atoms with Gasteiger partial charge in [-0.3, -0.25) is 0 Å². The monoisotopic (exact) mass is 264 g/mol. The third kappa shape index (κ3) is 3.03. The first-order valence-electron chi connectivity index (χ1n) is 6.01. The topological polar surface area (TPSA) is 95.6 Å². The highest BCUT2D eigenvalue weighted by atomic mass is 16.4. The molecule has 0 aliphatic carbocycles. The van der Waals surface area contributed by atoms with Gasteiger partial charge in [-0.2, -0.15) is 4.98 Å². The van der Waals surface area contributed by atoms with Crippen molar-refractivity contribution in [2.75, 3.05) is 11.9 Å². The number of benzene rings is 1. The van der Waals surface area contributed by atoms with Gasteiger partial charge in [0.25, 0.3) is 6.01 Å². The van der Waals surface area contributed by atoms with Gasteiger partial charge in [0.2, 0.25) is 0 Å². The molecule has 0 amide bonds. The molecule has 1 unspecified atom stereocenters. The fraction of sp³-hybridized carbons (Fsp3) is 0.385. The number of aromatic nitrogens is 1. The molecule has 0 aliphatic heterocycles. The van der Waals surface area contributed by atoms with Gasteiger partial charge in [-0.1, -0.05) is 6.92 Å². The van der Waals surface area contributed by atoms with Crippen LogP contribution in [0.15, 0.2) is 22.6 Å². The average Bonchev–Trinajstić information content (AvgIpc) is 2.78. The zero-order valence-electron chi connectivity index (χ0n) is 10.8. The van der Waals surface area contributed by atoms with Crippen molar-refractivity contribution >= 4 is 23.1 Å². The van der Waals surface area contributed by atoms with Crippen LogP contribution in [0.2, 0.25) is 0 Å². The van der Waals surface area contributed by atoms with Crippen molar-refractivity contribution in [2.24, 2.45) is 0 Å². The van der Waals surface area contributed by atoms with E-state index in [1.54, 1.807) is 13.0 Å². The van der Waals surface area contributed by atoms with Crippen LogP contribution in [0.25, 0.3) is 11.1 Å². The van der Waals surface area contributed by atoms with Crippen LogP contribution in [-0.4, -0.2) is 33.3 Å². The molecule has 1 atom stereocenters. The Morgan fingerprint density at radius 2 is 2.26 bits per heavy atom. The van der Waals surface area contributed by atoms with E-state index in [9.17, 15) is 9.90 Å². The Kier molecular flexibility index (Phi) is 3.44. The highest BCUT2D eigenvalue weighted by Gasteiger charge is 2.18. The Hall–Kier alpha value is -2.08. The van der Waals surface area contributed by atoms with Gasteiger partial charge < -0.3 is 19.9 Å². The van der Waals surface area contributed by atoms with Crippen LogP contribution < -0.4 is 5.32 Å². The van der Waals surface area contributed by atoms with Gasteiger partial charge in [0.05, 0.1) is 11.2 Å². The highest BCUT2D eigenvalue weighted by molar-refractivity contribution is 5.92. The van der Waals surface area contributed by atoms with E-state index in [2.05, 4.69) is 10.3 Å². The van der Waals surface area contributed by atoms with Crippen LogP contribution in [0.1, 0.15) is 30.6 Å². The standard InChI is InChI=1S/C13H16N2O4/c1-3-13(2,18)7-14-12-15-9-5-4-8(11(16)17)6-10(9)19-12/h4-6,18H,3,7H2,1-2H3,(H,14,15)(H,16,17). The number of nitrogens with one attached hydrogen (secondary N) is 1. The first-order valence-corrected chi connectivity index (χ1v) is 6.01. The fourth-order valence-corrected chi connectivity index (χ4v) is 1.52. The van der Waals surface area contributed by atoms with Crippen LogP contribution in [0.5, 0.6) is 0 Å². The summed E-state index contributed by atoms with van der Waals surface area (Å²) in [6.07, 6.45) is 0.601. The number of oxazole rings is 1. The van der Waals surface area contributed by atoms with Gasteiger partial charge in [0.1, 0.15) is 5.52 Å². The summed E-state index contributed by atoms with van der Waals surface area (Å²) >= 11 is 0. The smallest absolute Gasteiger partial charge is 0.335 e. The second kappa shape index (κ2) is 4.89. The number of carboxylic acid groups (broad SMARTS) is 1. The van der Waals surface area contributed by atoms with Crippen LogP contribution in [-0.2, 0) is 0 Å². The first-order chi connectivity index (χ1) is 8.91. The molecule has 2 rings (SSSR count). The number of aromatic carboxylic acids is 1. The van der Waals surface area contributed by atoms with E-state index in [0.29, 0.717) is 24.1 Å². The number of hydrogen-bond donors (Lipinski definition) is 3. The molecule has 0 saturated carbocycles. The molecule has 102 valence electrons. The van der Waals surface area contributed by atoms with E-state index in [1.807, 2.05) is 6.92 Å². The van der Waals surface area contributed by atoms with Crippen molar-refractivity contribution in [2.45, 2.75) is 25.9 Å². The molecule has 0 spiro atoms. The lowest BCUT2D eigenvalue weighted by Crippen LogP contribution is -2.32. The lowest BCUT2D eigenvalue weighted by molar-refractivity contribution is 0.0687. The predicted molar refractivity (Wildman–Crippen MR) is 70.4 cm³/mol. The minimum absolute atomic E-state index is 0.149. The largest absolute Gasteiger partial charge is 0.478 e. The van der Waals surface area contributed by atoms with E-state index < -0.39 is 11.6 Å². The van der Waals surface area contributed by atoms with Crippen LogP contribution in [0.3, 0.4) is 0 Å². The Morgan fingerprint density at radius 1 is 1.53 bits per heavy atom. The van der Waals surface area contributed by atoms with Crippen molar-refractivity contribution in [3.05, 3.63) is 23.8 Å². The molecule has 0 saturated heterocycles. The van der Waals surface area contributed by atoms with E-state index in [1.165, 1.54) is 12.1 Å². The normalized spacial score (nSPS) is 14.3. The van der Waals surface area contributed by atoms with Crippen LogP contribution in [0, 0.1) is 0 Å². The molecule has 1 heterocycles. The van der Waals surface area contributed by atoms with Gasteiger partial charge in [0.15, 0.2) is 5.58 Å². The molecule has 19 heavy (non-hydrogen) atoms. The van der Waals surface area contributed by atoms with E-state index in [-0.39, 0.29) is 11.6 Å². The summed E-state index contributed by atoms with van der Waals surface area (Å²) < 4.78 is 5.40. The van der Waals surface area contributed by atoms with Crippen molar-refractivity contribution in [1.29, 1.82) is 0 Å². The molecule has 0 radical (unpaired) electrons. The number of carboxylic acids is 1. The Morgan fingerprint density at radius 3 is 2.89 bits per heavy atom. The maximum absolute atomic E-state index is 10.8. The van der Waals surface area contributed by atoms with E-state index in [0.717, 1.165) is 0 Å². The van der Waals surface area contributed by atoms with Crippen LogP contribution >= 0.6 is 0 Å². The number of nitrogens with zero attached hydrogens (tertiary/aromatic N) is 1. The summed E-state index contributed by atoms with van der Waals surface area (Å²) in [6, 6.07) is 4.75. The van der Waals surface area contributed by atoms with Crippen LogP contribution in [0.4, 0.5) is 6.01 Å². The lowest BCUT2D eigenvalue weighted by Gasteiger charge is -2.20. The molecule has 0 aliphatic rings. The first kappa shape index (κ1) is 13.4. The number of fused-ring (bicyclic) bond motifs is 1. The number of rotatable bonds is 5. The van der Waals surface area contributed by atoms with Gasteiger partial charge in [-0.15, -0.1) is 0 Å². The van der Waals surface area contributed by atoms with Crippen molar-refractivity contribution in [3.63, 3.8) is 0 Å². The quantitative estimate of drug-likeness (QED) is 0.765. The minimum atomic E-state index is -1.01. The summed E-state index contributed by atoms with van der Waals surface area (Å²) in [4.78, 5) is 15.0. The molecule has 2 aromatic rings. The summed E-state index contributed by atoms with van der Waals surface area (Å²) in [6.45, 7) is 3.90.